The fourth-order valence-electron chi connectivity index (χ4n) is 0. The van der Waals surface area contributed by atoms with Crippen molar-refractivity contribution in [2.75, 3.05) is 5.75 Å². The maximum absolute atomic E-state index is 5.18. The van der Waals surface area contributed by atoms with Crippen molar-refractivity contribution >= 4 is 21.9 Å². The van der Waals surface area contributed by atoms with Crippen LogP contribution in [0.3, 0.4) is 0 Å². The van der Waals surface area contributed by atoms with Gasteiger partial charge in [0.25, 0.3) is 0 Å². The molecule has 0 bridgehead atoms. The Balaban J connectivity index is 2.54. The third kappa shape index (κ3) is 4.74. The molecule has 0 aromatic rings. The second-order valence-corrected chi connectivity index (χ2v) is 2.07. The average molecular weight is 109 g/mol. The monoisotopic (exact) mass is 109 g/mol. The topological polar surface area (TPSA) is 26.0 Å². The summed E-state index contributed by atoms with van der Waals surface area (Å²) >= 11 is 3.87. The maximum atomic E-state index is 5.18. The van der Waals surface area contributed by atoms with Crippen molar-refractivity contribution in [3.63, 3.8) is 0 Å². The van der Waals surface area contributed by atoms with Crippen LogP contribution in [0.2, 0.25) is 0 Å². The SMILES string of the molecule is N[C@H](P)CS. The highest BCUT2D eigenvalue weighted by Crippen LogP contribution is 1.89. The lowest BCUT2D eigenvalue weighted by molar-refractivity contribution is 1.07. The summed E-state index contributed by atoms with van der Waals surface area (Å²) in [6.07, 6.45) is 0. The van der Waals surface area contributed by atoms with Crippen LogP contribution in [0.25, 0.3) is 0 Å². The van der Waals surface area contributed by atoms with E-state index in [2.05, 4.69) is 21.9 Å². The number of hydrogen-bond acceptors (Lipinski definition) is 2. The zero-order valence-corrected chi connectivity index (χ0v) is 4.94. The van der Waals surface area contributed by atoms with Gasteiger partial charge in [-0.3, -0.25) is 0 Å². The second kappa shape index (κ2) is 2.95. The van der Waals surface area contributed by atoms with E-state index in [1.165, 1.54) is 0 Å². The molecule has 1 nitrogen and oxygen atoms in total. The molecule has 32 valence electrons. The van der Waals surface area contributed by atoms with Crippen LogP contribution in [0.15, 0.2) is 0 Å². The molecule has 0 amide bonds. The molecular formula is C2H8NPS. The van der Waals surface area contributed by atoms with Gasteiger partial charge in [-0.1, -0.05) is 0 Å². The quantitative estimate of drug-likeness (QED) is 0.362. The molecule has 0 aromatic carbocycles. The van der Waals surface area contributed by atoms with Gasteiger partial charge in [-0.05, 0) is 0 Å². The van der Waals surface area contributed by atoms with Gasteiger partial charge in [-0.2, -0.15) is 12.6 Å². The molecule has 5 heavy (non-hydrogen) atoms. The summed E-state index contributed by atoms with van der Waals surface area (Å²) in [7, 11) is 2.44. The fourth-order valence-corrected chi connectivity index (χ4v) is 0. The summed E-state index contributed by atoms with van der Waals surface area (Å²) in [6, 6.07) is 0. The number of nitrogens with two attached hydrogens (primary N) is 1. The second-order valence-electron chi connectivity index (χ2n) is 0.846. The van der Waals surface area contributed by atoms with E-state index >= 15 is 0 Å². The van der Waals surface area contributed by atoms with Gasteiger partial charge in [0.1, 0.15) is 0 Å². The van der Waals surface area contributed by atoms with Gasteiger partial charge < -0.3 is 5.73 Å². The molecule has 0 aliphatic carbocycles. The van der Waals surface area contributed by atoms with E-state index in [4.69, 9.17) is 5.73 Å². The summed E-state index contributed by atoms with van der Waals surface area (Å²) in [6.45, 7) is 0. The molecule has 0 saturated carbocycles. The van der Waals surface area contributed by atoms with Crippen LogP contribution in [-0.2, 0) is 0 Å². The van der Waals surface area contributed by atoms with Crippen LogP contribution in [0, 0.1) is 0 Å². The maximum Gasteiger partial charge on any atom is 0.0273 e. The molecule has 0 saturated heterocycles. The predicted octanol–water partition coefficient (Wildman–Crippen LogP) is 0.0761. The Morgan fingerprint density at radius 1 is 2.00 bits per heavy atom. The van der Waals surface area contributed by atoms with E-state index in [1.54, 1.807) is 0 Å². The molecule has 0 aliphatic heterocycles. The molecule has 1 unspecified atom stereocenters. The smallest absolute Gasteiger partial charge is 0.0273 e. The Hall–Kier alpha value is 0.740. The van der Waals surface area contributed by atoms with Crippen LogP contribution in [0.4, 0.5) is 0 Å². The van der Waals surface area contributed by atoms with Crippen molar-refractivity contribution in [2.24, 2.45) is 5.73 Å². The molecule has 2 atom stereocenters. The predicted molar refractivity (Wildman–Crippen MR) is 31.5 cm³/mol. The Morgan fingerprint density at radius 3 is 2.20 bits per heavy atom. The first kappa shape index (κ1) is 5.74. The largest absolute Gasteiger partial charge is 0.324 e. The van der Waals surface area contributed by atoms with E-state index in [1.807, 2.05) is 0 Å². The number of hydrogen-bond donors (Lipinski definition) is 2. The third-order valence-electron chi connectivity index (χ3n) is 0.211. The highest BCUT2D eigenvalue weighted by molar-refractivity contribution is 7.80. The first-order chi connectivity index (χ1) is 2.27. The minimum Gasteiger partial charge on any atom is -0.324 e. The standard InChI is InChI=1S/C2H8NPS/c3-2(4)1-5/h2,5H,1,3-4H2/t2-/m1/s1. The van der Waals surface area contributed by atoms with Gasteiger partial charge in [0.15, 0.2) is 0 Å². The Kier molecular flexibility index (Phi) is 3.39. The van der Waals surface area contributed by atoms with Gasteiger partial charge >= 0.3 is 0 Å². The van der Waals surface area contributed by atoms with Crippen molar-refractivity contribution in [1.29, 1.82) is 0 Å². The van der Waals surface area contributed by atoms with Gasteiger partial charge in [-0.15, -0.1) is 9.24 Å². The molecule has 3 heteroatoms. The highest BCUT2D eigenvalue weighted by atomic mass is 32.1. The van der Waals surface area contributed by atoms with E-state index in [9.17, 15) is 0 Å². The molecule has 0 rings (SSSR count). The lowest BCUT2D eigenvalue weighted by Gasteiger charge is -1.91. The van der Waals surface area contributed by atoms with E-state index in [0.29, 0.717) is 0 Å². The van der Waals surface area contributed by atoms with E-state index < -0.39 is 0 Å². The normalized spacial score (nSPS) is 15.0. The Labute approximate surface area is 39.9 Å². The summed E-state index contributed by atoms with van der Waals surface area (Å²) in [5, 5.41) is 0. The molecule has 0 heterocycles. The fraction of sp³-hybridized carbons (Fsp3) is 1.00. The molecule has 0 fully saturated rings. The Bertz CT molecular complexity index is 23.6. The average Bonchev–Trinajstić information content (AvgIpc) is 1.38. The zero-order valence-electron chi connectivity index (χ0n) is 2.89. The van der Waals surface area contributed by atoms with Crippen molar-refractivity contribution in [3.05, 3.63) is 0 Å². The molecule has 0 aromatic heterocycles. The van der Waals surface area contributed by atoms with Gasteiger partial charge in [0.2, 0.25) is 0 Å². The summed E-state index contributed by atoms with van der Waals surface area (Å²) in [5.41, 5.74) is 5.18. The molecule has 0 spiro atoms. The molecule has 0 aliphatic rings. The van der Waals surface area contributed by atoms with Gasteiger partial charge in [-0.25, -0.2) is 0 Å². The van der Waals surface area contributed by atoms with Crippen LogP contribution >= 0.6 is 21.9 Å². The highest BCUT2D eigenvalue weighted by Gasteiger charge is 1.80. The Morgan fingerprint density at radius 2 is 2.20 bits per heavy atom. The van der Waals surface area contributed by atoms with Crippen LogP contribution in [-0.4, -0.2) is 11.5 Å². The van der Waals surface area contributed by atoms with Gasteiger partial charge in [0, 0.05) is 11.5 Å². The lowest BCUT2D eigenvalue weighted by atomic mass is 10.8. The minimum atomic E-state index is 0.165. The van der Waals surface area contributed by atoms with Crippen molar-refractivity contribution in [3.8, 4) is 0 Å². The van der Waals surface area contributed by atoms with Crippen molar-refractivity contribution in [1.82, 2.24) is 0 Å². The summed E-state index contributed by atoms with van der Waals surface area (Å²) in [5.74, 6) is 0.906. The lowest BCUT2D eigenvalue weighted by Crippen LogP contribution is -2.11. The first-order valence-corrected chi connectivity index (χ1v) is 2.69. The third-order valence-corrected chi connectivity index (χ3v) is 1.26. The molecular weight excluding hydrogens is 101 g/mol. The zero-order chi connectivity index (χ0) is 4.28. The van der Waals surface area contributed by atoms with Crippen LogP contribution < -0.4 is 5.73 Å². The van der Waals surface area contributed by atoms with E-state index in [0.717, 1.165) is 5.75 Å². The van der Waals surface area contributed by atoms with E-state index in [-0.39, 0.29) is 5.78 Å². The van der Waals surface area contributed by atoms with Crippen LogP contribution in [0.5, 0.6) is 0 Å². The molecule has 2 N–H and O–H groups in total. The first-order valence-electron chi connectivity index (χ1n) is 1.39. The van der Waals surface area contributed by atoms with Gasteiger partial charge in [0.05, 0.1) is 0 Å². The summed E-state index contributed by atoms with van der Waals surface area (Å²) < 4.78 is 0. The minimum absolute atomic E-state index is 0.165. The van der Waals surface area contributed by atoms with Crippen LogP contribution in [0.1, 0.15) is 0 Å². The summed E-state index contributed by atoms with van der Waals surface area (Å²) in [4.78, 5) is 0. The number of rotatable bonds is 1. The number of thiol groups is 1. The van der Waals surface area contributed by atoms with Crippen molar-refractivity contribution in [2.45, 2.75) is 5.78 Å². The van der Waals surface area contributed by atoms with Crippen molar-refractivity contribution < 1.29 is 0 Å². The molecule has 0 radical (unpaired) electrons.